The number of amides is 4. The largest absolute Gasteiger partial charge is 0.497 e. The van der Waals surface area contributed by atoms with Gasteiger partial charge in [-0.15, -0.1) is 0 Å². The van der Waals surface area contributed by atoms with E-state index in [1.54, 1.807) is 79.9 Å². The molecule has 1 saturated heterocycles. The highest BCUT2D eigenvalue weighted by atomic mass is 16.5. The quantitative estimate of drug-likeness (QED) is 0.405. The zero-order valence-corrected chi connectivity index (χ0v) is 18.8. The number of carbonyl (C=O) groups is 3. The molecule has 0 bridgehead atoms. The lowest BCUT2D eigenvalue weighted by Crippen LogP contribution is -2.57. The molecule has 3 aromatic carbocycles. The first kappa shape index (κ1) is 22.6. The molecule has 0 aliphatic carbocycles. The van der Waals surface area contributed by atoms with Crippen molar-refractivity contribution in [1.82, 2.24) is 0 Å². The van der Waals surface area contributed by atoms with E-state index in [-0.39, 0.29) is 5.57 Å². The molecule has 0 spiro atoms. The van der Waals surface area contributed by atoms with Crippen molar-refractivity contribution in [2.45, 2.75) is 0 Å². The second kappa shape index (κ2) is 9.50. The van der Waals surface area contributed by atoms with Gasteiger partial charge in [-0.25, -0.2) is 14.6 Å². The summed E-state index contributed by atoms with van der Waals surface area (Å²) in [5.41, 5.74) is 1.07. The number of anilines is 2. The van der Waals surface area contributed by atoms with Crippen molar-refractivity contribution in [2.24, 2.45) is 0 Å². The summed E-state index contributed by atoms with van der Waals surface area (Å²) in [7, 11) is 4.59. The zero-order valence-electron chi connectivity index (χ0n) is 18.8. The van der Waals surface area contributed by atoms with Gasteiger partial charge in [0.1, 0.15) is 22.8 Å². The first-order chi connectivity index (χ1) is 16.5. The van der Waals surface area contributed by atoms with Gasteiger partial charge >= 0.3 is 6.03 Å². The predicted octanol–water partition coefficient (Wildman–Crippen LogP) is 4.30. The Morgan fingerprint density at radius 1 is 0.559 bits per heavy atom. The Balaban J connectivity index is 1.82. The molecule has 8 nitrogen and oxygen atoms in total. The average Bonchev–Trinajstić information content (AvgIpc) is 2.88. The Morgan fingerprint density at radius 2 is 0.912 bits per heavy atom. The highest BCUT2D eigenvalue weighted by Crippen LogP contribution is 2.31. The van der Waals surface area contributed by atoms with E-state index in [0.29, 0.717) is 34.2 Å². The maximum atomic E-state index is 13.4. The number of methoxy groups -OCH3 is 3. The summed E-state index contributed by atoms with van der Waals surface area (Å²) in [6.07, 6.45) is 1.46. The van der Waals surface area contributed by atoms with Crippen LogP contribution in [-0.2, 0) is 9.59 Å². The van der Waals surface area contributed by atoms with E-state index in [4.69, 9.17) is 14.2 Å². The van der Waals surface area contributed by atoms with Gasteiger partial charge in [-0.05, 0) is 72.3 Å². The van der Waals surface area contributed by atoms with Crippen molar-refractivity contribution < 1.29 is 28.6 Å². The summed E-state index contributed by atoms with van der Waals surface area (Å²) in [4.78, 5) is 42.2. The lowest BCUT2D eigenvalue weighted by Gasteiger charge is -2.34. The van der Waals surface area contributed by atoms with Crippen LogP contribution in [0, 0.1) is 0 Å². The first-order valence-electron chi connectivity index (χ1n) is 10.3. The highest BCUT2D eigenvalue weighted by Gasteiger charge is 2.43. The molecule has 1 aliphatic rings. The Morgan fingerprint density at radius 3 is 1.26 bits per heavy atom. The van der Waals surface area contributed by atoms with Crippen molar-refractivity contribution in [1.29, 1.82) is 0 Å². The minimum atomic E-state index is -0.780. The van der Waals surface area contributed by atoms with E-state index < -0.39 is 17.8 Å². The molecular weight excluding hydrogens is 436 g/mol. The second-order valence-corrected chi connectivity index (χ2v) is 7.29. The molecule has 0 unspecified atom stereocenters. The second-order valence-electron chi connectivity index (χ2n) is 7.29. The van der Waals surface area contributed by atoms with Crippen LogP contribution in [0.5, 0.6) is 17.2 Å². The van der Waals surface area contributed by atoms with Crippen molar-refractivity contribution in [2.75, 3.05) is 31.1 Å². The Hall–Kier alpha value is -4.59. The molecule has 1 aliphatic heterocycles. The monoisotopic (exact) mass is 458 g/mol. The van der Waals surface area contributed by atoms with Crippen LogP contribution < -0.4 is 24.0 Å². The molecule has 4 rings (SSSR count). The molecule has 0 radical (unpaired) electrons. The number of nitrogens with zero attached hydrogens (tertiary/aromatic N) is 2. The normalized spacial score (nSPS) is 13.7. The molecule has 1 fully saturated rings. The number of urea groups is 1. The predicted molar refractivity (Wildman–Crippen MR) is 127 cm³/mol. The van der Waals surface area contributed by atoms with Crippen molar-refractivity contribution >= 4 is 35.3 Å². The SMILES string of the molecule is COc1ccc(C=C2C(=O)N(c3ccc(OC)cc3)C(=O)N(c3ccc(OC)cc3)C2=O)cc1. The van der Waals surface area contributed by atoms with E-state index in [0.717, 1.165) is 9.80 Å². The number of carbonyl (C=O) groups excluding carboxylic acids is 3. The molecule has 172 valence electrons. The van der Waals surface area contributed by atoms with Crippen LogP contribution in [0.25, 0.3) is 6.08 Å². The third kappa shape index (κ3) is 4.21. The van der Waals surface area contributed by atoms with Crippen LogP contribution in [0.3, 0.4) is 0 Å². The van der Waals surface area contributed by atoms with Crippen LogP contribution in [0.2, 0.25) is 0 Å². The Kier molecular flexibility index (Phi) is 6.31. The average molecular weight is 458 g/mol. The van der Waals surface area contributed by atoms with Gasteiger partial charge < -0.3 is 14.2 Å². The van der Waals surface area contributed by atoms with Gasteiger partial charge in [0.2, 0.25) is 0 Å². The summed E-state index contributed by atoms with van der Waals surface area (Å²) in [6.45, 7) is 0. The summed E-state index contributed by atoms with van der Waals surface area (Å²) in [5, 5.41) is 0. The van der Waals surface area contributed by atoms with Gasteiger partial charge in [-0.3, -0.25) is 9.59 Å². The van der Waals surface area contributed by atoms with Crippen LogP contribution in [-0.4, -0.2) is 39.2 Å². The molecule has 4 amide bonds. The van der Waals surface area contributed by atoms with Gasteiger partial charge in [0.15, 0.2) is 0 Å². The maximum absolute atomic E-state index is 13.4. The van der Waals surface area contributed by atoms with Gasteiger partial charge in [-0.2, -0.15) is 0 Å². The minimum absolute atomic E-state index is 0.156. The zero-order chi connectivity index (χ0) is 24.2. The molecule has 0 aromatic heterocycles. The van der Waals surface area contributed by atoms with E-state index in [1.807, 2.05) is 0 Å². The number of hydrogen-bond donors (Lipinski definition) is 0. The molecule has 0 atom stereocenters. The topological polar surface area (TPSA) is 85.4 Å². The fraction of sp³-hybridized carbons (Fsp3) is 0.115. The lowest BCUT2D eigenvalue weighted by atomic mass is 10.0. The number of ether oxygens (including phenoxy) is 3. The Labute approximate surface area is 196 Å². The van der Waals surface area contributed by atoms with Gasteiger partial charge in [0, 0.05) is 0 Å². The van der Waals surface area contributed by atoms with Crippen molar-refractivity contribution in [3.63, 3.8) is 0 Å². The standard InChI is InChI=1S/C26H22N2O6/c1-32-20-10-4-17(5-11-20)16-23-24(29)27(18-6-12-21(33-2)13-7-18)26(31)28(25(23)30)19-8-14-22(34-3)15-9-19/h4-16H,1-3H3. The summed E-state index contributed by atoms with van der Waals surface area (Å²) in [5.74, 6) is 0.329. The fourth-order valence-electron chi connectivity index (χ4n) is 3.51. The Bertz CT molecular complexity index is 1180. The minimum Gasteiger partial charge on any atom is -0.497 e. The third-order valence-electron chi connectivity index (χ3n) is 5.34. The van der Waals surface area contributed by atoms with E-state index in [9.17, 15) is 14.4 Å². The van der Waals surface area contributed by atoms with Crippen LogP contribution in [0.15, 0.2) is 78.4 Å². The first-order valence-corrected chi connectivity index (χ1v) is 10.3. The highest BCUT2D eigenvalue weighted by molar-refractivity contribution is 6.46. The van der Waals surface area contributed by atoms with Crippen LogP contribution in [0.4, 0.5) is 16.2 Å². The molecule has 1 heterocycles. The molecule has 8 heteroatoms. The van der Waals surface area contributed by atoms with Gasteiger partial charge in [-0.1, -0.05) is 12.1 Å². The third-order valence-corrected chi connectivity index (χ3v) is 5.34. The lowest BCUT2D eigenvalue weighted by molar-refractivity contribution is -0.121. The van der Waals surface area contributed by atoms with Crippen molar-refractivity contribution in [3.8, 4) is 17.2 Å². The molecule has 0 N–H and O–H groups in total. The molecular formula is C26H22N2O6. The number of hydrogen-bond acceptors (Lipinski definition) is 6. The van der Waals surface area contributed by atoms with E-state index in [1.165, 1.54) is 20.3 Å². The van der Waals surface area contributed by atoms with Gasteiger partial charge in [0.05, 0.1) is 32.7 Å². The van der Waals surface area contributed by atoms with Crippen molar-refractivity contribution in [3.05, 3.63) is 83.9 Å². The summed E-state index contributed by atoms with van der Waals surface area (Å²) in [6, 6.07) is 19.0. The molecule has 3 aromatic rings. The number of benzene rings is 3. The fourth-order valence-corrected chi connectivity index (χ4v) is 3.51. The molecule has 0 saturated carbocycles. The number of barbiturate groups is 1. The number of rotatable bonds is 6. The van der Waals surface area contributed by atoms with E-state index >= 15 is 0 Å². The maximum Gasteiger partial charge on any atom is 0.343 e. The van der Waals surface area contributed by atoms with Crippen LogP contribution >= 0.6 is 0 Å². The summed E-state index contributed by atoms with van der Waals surface area (Å²) < 4.78 is 15.5. The summed E-state index contributed by atoms with van der Waals surface area (Å²) >= 11 is 0. The van der Waals surface area contributed by atoms with Crippen LogP contribution in [0.1, 0.15) is 5.56 Å². The van der Waals surface area contributed by atoms with E-state index in [2.05, 4.69) is 0 Å². The molecule has 34 heavy (non-hydrogen) atoms. The van der Waals surface area contributed by atoms with Gasteiger partial charge in [0.25, 0.3) is 11.8 Å². The smallest absolute Gasteiger partial charge is 0.343 e. The number of imide groups is 2.